The number of carbonyl (C=O) groups is 2. The molecule has 116 valence electrons. The molecular weight excluding hydrogens is 297 g/mol. The molecule has 0 unspecified atom stereocenters. The summed E-state index contributed by atoms with van der Waals surface area (Å²) in [5.41, 5.74) is 1.97. The second kappa shape index (κ2) is 6.31. The predicted molar refractivity (Wildman–Crippen MR) is 85.2 cm³/mol. The van der Waals surface area contributed by atoms with Crippen LogP contribution < -0.4 is 10.6 Å². The number of halogens is 1. The molecule has 0 fully saturated rings. The molecule has 0 atom stereocenters. The van der Waals surface area contributed by atoms with E-state index in [0.29, 0.717) is 11.3 Å². The Labute approximate surface area is 131 Å². The predicted octanol–water partition coefficient (Wildman–Crippen LogP) is 2.56. The zero-order valence-corrected chi connectivity index (χ0v) is 12.1. The van der Waals surface area contributed by atoms with Gasteiger partial charge in [0.05, 0.1) is 0 Å². The fourth-order valence-corrected chi connectivity index (χ4v) is 2.22. The van der Waals surface area contributed by atoms with Gasteiger partial charge in [0.25, 0.3) is 0 Å². The van der Waals surface area contributed by atoms with E-state index in [0.717, 1.165) is 10.9 Å². The molecule has 0 aliphatic carbocycles. The maximum absolute atomic E-state index is 13.0. The van der Waals surface area contributed by atoms with E-state index in [-0.39, 0.29) is 12.4 Å². The first kappa shape index (κ1) is 14.8. The van der Waals surface area contributed by atoms with Crippen LogP contribution in [0.4, 0.5) is 10.1 Å². The van der Waals surface area contributed by atoms with Crippen molar-refractivity contribution in [3.05, 3.63) is 66.1 Å². The molecule has 0 radical (unpaired) electrons. The van der Waals surface area contributed by atoms with Crippen LogP contribution in [0.25, 0.3) is 10.9 Å². The third kappa shape index (κ3) is 3.55. The fourth-order valence-electron chi connectivity index (χ4n) is 2.22. The van der Waals surface area contributed by atoms with E-state index in [2.05, 4.69) is 15.6 Å². The zero-order valence-electron chi connectivity index (χ0n) is 12.1. The number of fused-ring (bicyclic) bond motifs is 1. The number of H-pyrrole nitrogens is 1. The number of aromatic nitrogens is 1. The van der Waals surface area contributed by atoms with Crippen LogP contribution in [0.2, 0.25) is 0 Å². The number of nitrogens with one attached hydrogen (secondary N) is 3. The largest absolute Gasteiger partial charge is 0.361 e. The maximum atomic E-state index is 13.0. The molecule has 0 saturated heterocycles. The van der Waals surface area contributed by atoms with Crippen LogP contribution in [0.15, 0.2) is 54.7 Å². The molecule has 0 bridgehead atoms. The Balaban J connectivity index is 1.59. The zero-order chi connectivity index (χ0) is 16.2. The third-order valence-electron chi connectivity index (χ3n) is 3.36. The van der Waals surface area contributed by atoms with Gasteiger partial charge in [-0.25, -0.2) is 4.39 Å². The van der Waals surface area contributed by atoms with Gasteiger partial charge in [0.2, 0.25) is 0 Å². The lowest BCUT2D eigenvalue weighted by molar-refractivity contribution is -0.136. The van der Waals surface area contributed by atoms with E-state index in [1.54, 1.807) is 30.5 Å². The minimum atomic E-state index is -0.777. The van der Waals surface area contributed by atoms with Gasteiger partial charge in [-0.1, -0.05) is 18.2 Å². The van der Waals surface area contributed by atoms with Crippen molar-refractivity contribution in [2.45, 2.75) is 6.54 Å². The van der Waals surface area contributed by atoms with Crippen molar-refractivity contribution in [3.63, 3.8) is 0 Å². The SMILES string of the molecule is O=C(NCc1cccc(F)c1)C(=O)Nc1ccc2cc[nH]c2c1. The molecule has 0 aliphatic rings. The lowest BCUT2D eigenvalue weighted by Gasteiger charge is -2.07. The third-order valence-corrected chi connectivity index (χ3v) is 3.36. The molecule has 0 spiro atoms. The van der Waals surface area contributed by atoms with Crippen LogP contribution in [-0.2, 0) is 16.1 Å². The van der Waals surface area contributed by atoms with Crippen molar-refractivity contribution in [2.75, 3.05) is 5.32 Å². The first-order valence-electron chi connectivity index (χ1n) is 7.02. The number of rotatable bonds is 3. The van der Waals surface area contributed by atoms with Gasteiger partial charge in [0.15, 0.2) is 0 Å². The van der Waals surface area contributed by atoms with E-state index in [9.17, 15) is 14.0 Å². The van der Waals surface area contributed by atoms with Gasteiger partial charge in [-0.15, -0.1) is 0 Å². The molecule has 0 aliphatic heterocycles. The molecular formula is C17H14FN3O2. The van der Waals surface area contributed by atoms with Crippen molar-refractivity contribution >= 4 is 28.4 Å². The Morgan fingerprint density at radius 2 is 1.91 bits per heavy atom. The molecule has 3 aromatic rings. The van der Waals surface area contributed by atoms with Gasteiger partial charge in [0, 0.05) is 23.9 Å². The summed E-state index contributed by atoms with van der Waals surface area (Å²) in [7, 11) is 0. The number of aromatic amines is 1. The van der Waals surface area contributed by atoms with E-state index in [4.69, 9.17) is 0 Å². The van der Waals surface area contributed by atoms with Crippen LogP contribution >= 0.6 is 0 Å². The number of benzene rings is 2. The summed E-state index contributed by atoms with van der Waals surface area (Å²) in [5.74, 6) is -1.94. The molecule has 0 saturated carbocycles. The highest BCUT2D eigenvalue weighted by molar-refractivity contribution is 6.39. The molecule has 2 amide bonds. The highest BCUT2D eigenvalue weighted by Crippen LogP contribution is 2.17. The van der Waals surface area contributed by atoms with Crippen LogP contribution in [0.5, 0.6) is 0 Å². The van der Waals surface area contributed by atoms with E-state index >= 15 is 0 Å². The molecule has 1 heterocycles. The van der Waals surface area contributed by atoms with Gasteiger partial charge < -0.3 is 15.6 Å². The summed E-state index contributed by atoms with van der Waals surface area (Å²) in [6.45, 7) is 0.0830. The van der Waals surface area contributed by atoms with Crippen LogP contribution in [-0.4, -0.2) is 16.8 Å². The Bertz CT molecular complexity index is 873. The number of carbonyl (C=O) groups excluding carboxylic acids is 2. The van der Waals surface area contributed by atoms with Crippen LogP contribution in [0, 0.1) is 5.82 Å². The average Bonchev–Trinajstić information content (AvgIpc) is 3.00. The fraction of sp³-hybridized carbons (Fsp3) is 0.0588. The molecule has 1 aromatic heterocycles. The van der Waals surface area contributed by atoms with Gasteiger partial charge in [-0.3, -0.25) is 9.59 Å². The Hall–Kier alpha value is -3.15. The average molecular weight is 311 g/mol. The Morgan fingerprint density at radius 1 is 1.04 bits per heavy atom. The van der Waals surface area contributed by atoms with Gasteiger partial charge >= 0.3 is 11.8 Å². The maximum Gasteiger partial charge on any atom is 0.313 e. The summed E-state index contributed by atoms with van der Waals surface area (Å²) in [6, 6.07) is 13.0. The van der Waals surface area contributed by atoms with Crippen LogP contribution in [0.3, 0.4) is 0 Å². The molecule has 5 nitrogen and oxygen atoms in total. The second-order valence-corrected chi connectivity index (χ2v) is 5.05. The van der Waals surface area contributed by atoms with Crippen molar-refractivity contribution in [1.29, 1.82) is 0 Å². The second-order valence-electron chi connectivity index (χ2n) is 5.05. The molecule has 3 rings (SSSR count). The molecule has 23 heavy (non-hydrogen) atoms. The minimum absolute atomic E-state index is 0.0830. The standard InChI is InChI=1S/C17H14FN3O2/c18-13-3-1-2-11(8-13)10-20-16(22)17(23)21-14-5-4-12-6-7-19-15(12)9-14/h1-9,19H,10H2,(H,20,22)(H,21,23). The normalized spacial score (nSPS) is 10.5. The highest BCUT2D eigenvalue weighted by atomic mass is 19.1. The molecule has 6 heteroatoms. The van der Waals surface area contributed by atoms with Crippen molar-refractivity contribution < 1.29 is 14.0 Å². The summed E-state index contributed by atoms with van der Waals surface area (Å²) in [5, 5.41) is 5.99. The summed E-state index contributed by atoms with van der Waals surface area (Å²) in [6.07, 6.45) is 1.79. The monoisotopic (exact) mass is 311 g/mol. The molecule has 3 N–H and O–H groups in total. The van der Waals surface area contributed by atoms with Gasteiger partial charge in [0.1, 0.15) is 5.82 Å². The van der Waals surface area contributed by atoms with E-state index in [1.165, 1.54) is 12.1 Å². The van der Waals surface area contributed by atoms with E-state index in [1.807, 2.05) is 12.1 Å². The van der Waals surface area contributed by atoms with Crippen LogP contribution in [0.1, 0.15) is 5.56 Å². The van der Waals surface area contributed by atoms with Gasteiger partial charge in [-0.05, 0) is 41.3 Å². The molecule has 2 aromatic carbocycles. The first-order chi connectivity index (χ1) is 11.1. The lowest BCUT2D eigenvalue weighted by Crippen LogP contribution is -2.34. The highest BCUT2D eigenvalue weighted by Gasteiger charge is 2.13. The van der Waals surface area contributed by atoms with E-state index < -0.39 is 11.8 Å². The Kier molecular flexibility index (Phi) is 4.05. The number of amides is 2. The summed E-state index contributed by atoms with van der Waals surface area (Å²) < 4.78 is 13.0. The van der Waals surface area contributed by atoms with Gasteiger partial charge in [-0.2, -0.15) is 0 Å². The van der Waals surface area contributed by atoms with Crippen molar-refractivity contribution in [2.24, 2.45) is 0 Å². The number of hydrogen-bond donors (Lipinski definition) is 3. The number of hydrogen-bond acceptors (Lipinski definition) is 2. The lowest BCUT2D eigenvalue weighted by atomic mass is 10.2. The summed E-state index contributed by atoms with van der Waals surface area (Å²) in [4.78, 5) is 26.7. The van der Waals surface area contributed by atoms with Crippen molar-refractivity contribution in [3.8, 4) is 0 Å². The Morgan fingerprint density at radius 3 is 2.74 bits per heavy atom. The topological polar surface area (TPSA) is 74.0 Å². The quantitative estimate of drug-likeness (QED) is 0.650. The first-order valence-corrected chi connectivity index (χ1v) is 7.02. The smallest absolute Gasteiger partial charge is 0.313 e. The van der Waals surface area contributed by atoms with Crippen molar-refractivity contribution in [1.82, 2.24) is 10.3 Å². The number of anilines is 1. The summed E-state index contributed by atoms with van der Waals surface area (Å²) >= 11 is 0. The minimum Gasteiger partial charge on any atom is -0.361 e.